The Labute approximate surface area is 75.3 Å². The van der Waals surface area contributed by atoms with Crippen LogP contribution in [0.2, 0.25) is 0 Å². The molecule has 0 saturated heterocycles. The maximum atomic E-state index is 12.8. The van der Waals surface area contributed by atoms with Gasteiger partial charge in [-0.25, -0.2) is 9.18 Å². The Kier molecular flexibility index (Phi) is 6.10. The van der Waals surface area contributed by atoms with Gasteiger partial charge in [0.25, 0.3) is 0 Å². The lowest BCUT2D eigenvalue weighted by atomic mass is 10.5. The lowest BCUT2D eigenvalue weighted by Crippen LogP contribution is -2.19. The molecule has 0 aromatic carbocycles. The second-order valence-corrected chi connectivity index (χ2v) is 3.69. The Hall–Kier alpha value is -0.290. The highest BCUT2D eigenvalue weighted by molar-refractivity contribution is 8.01. The zero-order valence-corrected chi connectivity index (χ0v) is 7.94. The van der Waals surface area contributed by atoms with Crippen molar-refractivity contribution in [2.45, 2.75) is 24.6 Å². The van der Waals surface area contributed by atoms with E-state index in [2.05, 4.69) is 4.74 Å². The second kappa shape index (κ2) is 6.25. The molecular weight excluding hydrogens is 183 g/mol. The first kappa shape index (κ1) is 11.7. The molecule has 0 fully saturated rings. The van der Waals surface area contributed by atoms with Crippen LogP contribution in [-0.4, -0.2) is 35.0 Å². The Morgan fingerprint density at radius 2 is 2.33 bits per heavy atom. The molecule has 0 spiro atoms. The largest absolute Gasteiger partial charge is 0.463 e. The number of aliphatic hydroxyl groups is 1. The van der Waals surface area contributed by atoms with E-state index in [1.807, 2.05) is 0 Å². The van der Waals surface area contributed by atoms with Crippen LogP contribution < -0.4 is 0 Å². The Bertz CT molecular complexity index is 143. The highest BCUT2D eigenvalue weighted by Gasteiger charge is 2.21. The van der Waals surface area contributed by atoms with Gasteiger partial charge < -0.3 is 9.84 Å². The lowest BCUT2D eigenvalue weighted by Gasteiger charge is -2.10. The summed E-state index contributed by atoms with van der Waals surface area (Å²) in [7, 11) is 0. The van der Waals surface area contributed by atoms with Crippen LogP contribution in [-0.2, 0) is 9.53 Å². The second-order valence-electron chi connectivity index (χ2n) is 2.20. The summed E-state index contributed by atoms with van der Waals surface area (Å²) in [4.78, 5) is 10.7. The molecular formula is C7H13FO3S. The zero-order valence-electron chi connectivity index (χ0n) is 7.12. The number of esters is 1. The molecule has 5 heteroatoms. The molecule has 0 saturated carbocycles. The molecule has 2 atom stereocenters. The smallest absolute Gasteiger partial charge is 0.351 e. The molecule has 0 aliphatic heterocycles. The number of carbonyl (C=O) groups is 1. The number of carbonyl (C=O) groups excluding carboxylic acids is 1. The highest BCUT2D eigenvalue weighted by Crippen LogP contribution is 2.19. The van der Waals surface area contributed by atoms with Gasteiger partial charge in [-0.15, -0.1) is 11.8 Å². The molecule has 0 amide bonds. The maximum absolute atomic E-state index is 12.8. The van der Waals surface area contributed by atoms with Gasteiger partial charge >= 0.3 is 5.97 Å². The molecule has 3 nitrogen and oxygen atoms in total. The van der Waals surface area contributed by atoms with Gasteiger partial charge in [-0.3, -0.25) is 0 Å². The van der Waals surface area contributed by atoms with Gasteiger partial charge in [-0.05, 0) is 6.92 Å². The summed E-state index contributed by atoms with van der Waals surface area (Å²) in [5, 5.41) is 8.27. The summed E-state index contributed by atoms with van der Waals surface area (Å²) in [6, 6.07) is 0. The van der Waals surface area contributed by atoms with E-state index in [1.54, 1.807) is 13.8 Å². The molecule has 0 bridgehead atoms. The van der Waals surface area contributed by atoms with Gasteiger partial charge in [0.1, 0.15) is 0 Å². The van der Waals surface area contributed by atoms with E-state index < -0.39 is 11.5 Å². The lowest BCUT2D eigenvalue weighted by molar-refractivity contribution is -0.145. The minimum atomic E-state index is -1.69. The fraction of sp³-hybridized carbons (Fsp3) is 0.857. The van der Waals surface area contributed by atoms with Crippen molar-refractivity contribution in [3.63, 3.8) is 0 Å². The maximum Gasteiger partial charge on any atom is 0.351 e. The third-order valence-electron chi connectivity index (χ3n) is 1.08. The molecule has 0 aliphatic carbocycles. The molecule has 0 aromatic rings. The summed E-state index contributed by atoms with van der Waals surface area (Å²) in [6.45, 7) is 3.28. The van der Waals surface area contributed by atoms with Crippen molar-refractivity contribution in [2.75, 3.05) is 13.2 Å². The number of hydrogen-bond donors (Lipinski definition) is 1. The van der Waals surface area contributed by atoms with Crippen LogP contribution in [0.5, 0.6) is 0 Å². The summed E-state index contributed by atoms with van der Waals surface area (Å²) in [6.07, 6.45) is 0. The number of hydrogen-bond acceptors (Lipinski definition) is 4. The van der Waals surface area contributed by atoms with Crippen LogP contribution in [0.25, 0.3) is 0 Å². The predicted octanol–water partition coefficient (Wildman–Crippen LogP) is 0.959. The van der Waals surface area contributed by atoms with Crippen molar-refractivity contribution in [1.29, 1.82) is 0 Å². The number of ether oxygens (including phenoxy) is 1. The number of alkyl halides is 1. The van der Waals surface area contributed by atoms with Crippen molar-refractivity contribution in [3.8, 4) is 0 Å². The van der Waals surface area contributed by atoms with Crippen molar-refractivity contribution in [2.24, 2.45) is 0 Å². The average Bonchev–Trinajstić information content (AvgIpc) is 2.04. The summed E-state index contributed by atoms with van der Waals surface area (Å²) in [5.74, 6) is -0.872. The standard InChI is InChI=1S/C7H13FO3S/c1-3-11-7(10)6(8)12-5(2)4-9/h5-6,9H,3-4H2,1-2H3. The van der Waals surface area contributed by atoms with E-state index in [-0.39, 0.29) is 18.5 Å². The molecule has 0 heterocycles. The minimum Gasteiger partial charge on any atom is -0.463 e. The van der Waals surface area contributed by atoms with Crippen LogP contribution in [0, 0.1) is 0 Å². The van der Waals surface area contributed by atoms with E-state index in [0.717, 1.165) is 11.8 Å². The monoisotopic (exact) mass is 196 g/mol. The van der Waals surface area contributed by atoms with Crippen LogP contribution in [0.15, 0.2) is 0 Å². The quantitative estimate of drug-likeness (QED) is 0.665. The van der Waals surface area contributed by atoms with Crippen molar-refractivity contribution in [3.05, 3.63) is 0 Å². The van der Waals surface area contributed by atoms with Crippen LogP contribution in [0.4, 0.5) is 4.39 Å². The normalized spacial score (nSPS) is 15.3. The molecule has 0 aromatic heterocycles. The third-order valence-corrected chi connectivity index (χ3v) is 2.13. The van der Waals surface area contributed by atoms with Gasteiger partial charge in [-0.2, -0.15) is 0 Å². The van der Waals surface area contributed by atoms with Crippen LogP contribution in [0.3, 0.4) is 0 Å². The van der Waals surface area contributed by atoms with Gasteiger partial charge in [0.2, 0.25) is 5.50 Å². The average molecular weight is 196 g/mol. The fourth-order valence-corrected chi connectivity index (χ4v) is 1.18. The molecule has 0 rings (SSSR count). The number of aliphatic hydroxyl groups excluding tert-OH is 1. The first-order valence-corrected chi connectivity index (χ1v) is 4.63. The Morgan fingerprint density at radius 1 is 1.75 bits per heavy atom. The predicted molar refractivity (Wildman–Crippen MR) is 45.7 cm³/mol. The van der Waals surface area contributed by atoms with E-state index in [1.165, 1.54) is 0 Å². The van der Waals surface area contributed by atoms with E-state index in [4.69, 9.17) is 5.11 Å². The summed E-state index contributed by atoms with van der Waals surface area (Å²) < 4.78 is 17.2. The highest BCUT2D eigenvalue weighted by atomic mass is 32.2. The molecule has 1 N–H and O–H groups in total. The first-order chi connectivity index (χ1) is 5.61. The Balaban J connectivity index is 3.70. The van der Waals surface area contributed by atoms with Crippen LogP contribution >= 0.6 is 11.8 Å². The van der Waals surface area contributed by atoms with E-state index >= 15 is 0 Å². The zero-order chi connectivity index (χ0) is 9.56. The van der Waals surface area contributed by atoms with Gasteiger partial charge in [0.15, 0.2) is 0 Å². The van der Waals surface area contributed by atoms with Crippen LogP contribution in [0.1, 0.15) is 13.8 Å². The SMILES string of the molecule is CCOC(=O)C(F)SC(C)CO. The van der Waals surface area contributed by atoms with E-state index in [9.17, 15) is 9.18 Å². The summed E-state index contributed by atoms with van der Waals surface area (Å²) in [5.41, 5.74) is -1.69. The summed E-state index contributed by atoms with van der Waals surface area (Å²) >= 11 is 0.756. The first-order valence-electron chi connectivity index (χ1n) is 3.68. The van der Waals surface area contributed by atoms with Crippen molar-refractivity contribution in [1.82, 2.24) is 0 Å². The topological polar surface area (TPSA) is 46.5 Å². The number of rotatable bonds is 5. The fourth-order valence-electron chi connectivity index (χ4n) is 0.510. The molecule has 72 valence electrons. The van der Waals surface area contributed by atoms with E-state index in [0.29, 0.717) is 0 Å². The molecule has 0 aliphatic rings. The van der Waals surface area contributed by atoms with Gasteiger partial charge in [0, 0.05) is 5.25 Å². The Morgan fingerprint density at radius 3 is 2.75 bits per heavy atom. The number of halogens is 1. The van der Waals surface area contributed by atoms with Crippen molar-refractivity contribution >= 4 is 17.7 Å². The minimum absolute atomic E-state index is 0.148. The molecule has 2 unspecified atom stereocenters. The van der Waals surface area contributed by atoms with Crippen molar-refractivity contribution < 1.29 is 19.0 Å². The molecule has 0 radical (unpaired) electrons. The third kappa shape index (κ3) is 4.56. The van der Waals surface area contributed by atoms with Gasteiger partial charge in [0.05, 0.1) is 13.2 Å². The number of thioether (sulfide) groups is 1. The van der Waals surface area contributed by atoms with Gasteiger partial charge in [-0.1, -0.05) is 6.92 Å². The molecule has 12 heavy (non-hydrogen) atoms.